The molecule has 0 spiro atoms. The Bertz CT molecular complexity index is 317. The third-order valence-electron chi connectivity index (χ3n) is 1.71. The molecule has 0 N–H and O–H groups in total. The van der Waals surface area contributed by atoms with Crippen molar-refractivity contribution in [3.63, 3.8) is 0 Å². The van der Waals surface area contributed by atoms with E-state index >= 15 is 0 Å². The number of ether oxygens (including phenoxy) is 1. The van der Waals surface area contributed by atoms with E-state index in [1.54, 1.807) is 0 Å². The van der Waals surface area contributed by atoms with Crippen LogP contribution in [-0.4, -0.2) is 12.6 Å². The number of esters is 1. The van der Waals surface area contributed by atoms with Gasteiger partial charge < -0.3 is 4.74 Å². The molecule has 0 atom stereocenters. The van der Waals surface area contributed by atoms with Crippen molar-refractivity contribution >= 4 is 17.6 Å². The average Bonchev–Trinajstić information content (AvgIpc) is 2.21. The first-order valence-electron chi connectivity index (χ1n) is 4.26. The lowest BCUT2D eigenvalue weighted by atomic mass is 10.2. The van der Waals surface area contributed by atoms with E-state index in [4.69, 9.17) is 16.3 Å². The van der Waals surface area contributed by atoms with Crippen LogP contribution in [0.25, 0.3) is 0 Å². The molecule has 0 saturated carbocycles. The number of halogens is 1. The van der Waals surface area contributed by atoms with Gasteiger partial charge in [0.15, 0.2) is 0 Å². The van der Waals surface area contributed by atoms with Crippen LogP contribution < -0.4 is 0 Å². The molecule has 0 unspecified atom stereocenters. The summed E-state index contributed by atoms with van der Waals surface area (Å²) in [5.74, 6) is -0.390. The largest absolute Gasteiger partial charge is 0.462 e. The van der Waals surface area contributed by atoms with Gasteiger partial charge in [0.1, 0.15) is 0 Å². The second-order valence-electron chi connectivity index (χ2n) is 2.75. The van der Waals surface area contributed by atoms with Gasteiger partial charge in [-0.1, -0.05) is 30.3 Å². The Balaban J connectivity index is 2.35. The van der Waals surface area contributed by atoms with Crippen molar-refractivity contribution < 1.29 is 9.53 Å². The maximum absolute atomic E-state index is 10.7. The number of carbonyl (C=O) groups is 1. The van der Waals surface area contributed by atoms with Crippen LogP contribution in [0.4, 0.5) is 0 Å². The van der Waals surface area contributed by atoms with E-state index in [1.165, 1.54) is 0 Å². The summed E-state index contributed by atoms with van der Waals surface area (Å²) in [4.78, 5) is 10.7. The molecule has 0 aromatic heterocycles. The van der Waals surface area contributed by atoms with E-state index in [-0.39, 0.29) is 5.97 Å². The highest BCUT2D eigenvalue weighted by atomic mass is 35.5. The van der Waals surface area contributed by atoms with Gasteiger partial charge in [-0.3, -0.25) is 0 Å². The molecule has 14 heavy (non-hydrogen) atoms. The van der Waals surface area contributed by atoms with Crippen molar-refractivity contribution in [3.8, 4) is 0 Å². The first-order chi connectivity index (χ1) is 6.72. The topological polar surface area (TPSA) is 26.3 Å². The van der Waals surface area contributed by atoms with Gasteiger partial charge in [0.2, 0.25) is 0 Å². The fraction of sp³-hybridized carbons (Fsp3) is 0.182. The maximum Gasteiger partial charge on any atom is 0.330 e. The van der Waals surface area contributed by atoms with Gasteiger partial charge in [-0.05, 0) is 17.7 Å². The second-order valence-corrected chi connectivity index (χ2v) is 3.18. The van der Waals surface area contributed by atoms with E-state index in [2.05, 4.69) is 6.58 Å². The standard InChI is InChI=1S/C11H11ClO2/c1-2-11(13)14-8-7-9-3-5-10(12)6-4-9/h2-6H,1,7-8H2. The van der Waals surface area contributed by atoms with Gasteiger partial charge in [0.05, 0.1) is 6.61 Å². The number of carbonyl (C=O) groups excluding carboxylic acids is 1. The van der Waals surface area contributed by atoms with Crippen molar-refractivity contribution in [1.29, 1.82) is 0 Å². The summed E-state index contributed by atoms with van der Waals surface area (Å²) in [5, 5.41) is 0.705. The van der Waals surface area contributed by atoms with Gasteiger partial charge >= 0.3 is 5.97 Å². The lowest BCUT2D eigenvalue weighted by Gasteiger charge is -2.02. The van der Waals surface area contributed by atoms with Crippen LogP contribution in [0.2, 0.25) is 5.02 Å². The highest BCUT2D eigenvalue weighted by Gasteiger charge is 1.96. The number of hydrogen-bond donors (Lipinski definition) is 0. The molecule has 3 heteroatoms. The Labute approximate surface area is 88.1 Å². The lowest BCUT2D eigenvalue weighted by Crippen LogP contribution is -2.04. The highest BCUT2D eigenvalue weighted by molar-refractivity contribution is 6.30. The van der Waals surface area contributed by atoms with Crippen LogP contribution in [0.3, 0.4) is 0 Å². The third kappa shape index (κ3) is 3.62. The first-order valence-corrected chi connectivity index (χ1v) is 4.64. The van der Waals surface area contributed by atoms with Gasteiger partial charge in [0.25, 0.3) is 0 Å². The summed E-state index contributed by atoms with van der Waals surface area (Å²) >= 11 is 5.72. The number of benzene rings is 1. The van der Waals surface area contributed by atoms with E-state index in [9.17, 15) is 4.79 Å². The molecule has 1 aromatic carbocycles. The van der Waals surface area contributed by atoms with Crippen LogP contribution in [0.1, 0.15) is 5.56 Å². The monoisotopic (exact) mass is 210 g/mol. The molecular formula is C11H11ClO2. The molecule has 0 aliphatic carbocycles. The smallest absolute Gasteiger partial charge is 0.330 e. The average molecular weight is 211 g/mol. The maximum atomic E-state index is 10.7. The molecule has 0 aliphatic heterocycles. The van der Waals surface area contributed by atoms with Crippen molar-refractivity contribution in [2.24, 2.45) is 0 Å². The molecule has 0 saturated heterocycles. The normalized spacial score (nSPS) is 9.50. The summed E-state index contributed by atoms with van der Waals surface area (Å²) in [6, 6.07) is 7.44. The van der Waals surface area contributed by atoms with Crippen LogP contribution >= 0.6 is 11.6 Å². The van der Waals surface area contributed by atoms with Crippen LogP contribution in [0.5, 0.6) is 0 Å². The van der Waals surface area contributed by atoms with Gasteiger partial charge in [-0.25, -0.2) is 4.79 Å². The van der Waals surface area contributed by atoms with Crippen LogP contribution in [0, 0.1) is 0 Å². The van der Waals surface area contributed by atoms with E-state index in [1.807, 2.05) is 24.3 Å². The quantitative estimate of drug-likeness (QED) is 0.564. The Hall–Kier alpha value is -1.28. The van der Waals surface area contributed by atoms with E-state index in [0.717, 1.165) is 11.6 Å². The molecule has 0 heterocycles. The van der Waals surface area contributed by atoms with E-state index < -0.39 is 0 Å². The molecule has 0 fully saturated rings. The zero-order valence-electron chi connectivity index (χ0n) is 7.70. The van der Waals surface area contributed by atoms with Crippen LogP contribution in [-0.2, 0) is 16.0 Å². The fourth-order valence-corrected chi connectivity index (χ4v) is 1.11. The molecule has 0 aliphatic rings. The fourth-order valence-electron chi connectivity index (χ4n) is 0.979. The molecule has 0 amide bonds. The van der Waals surface area contributed by atoms with Gasteiger partial charge in [0, 0.05) is 17.5 Å². The molecule has 2 nitrogen and oxygen atoms in total. The van der Waals surface area contributed by atoms with Gasteiger partial charge in [-0.15, -0.1) is 0 Å². The molecule has 74 valence electrons. The Kier molecular flexibility index (Phi) is 4.20. The molecular weight excluding hydrogens is 200 g/mol. The predicted molar refractivity (Wildman–Crippen MR) is 56.3 cm³/mol. The Morgan fingerprint density at radius 2 is 2.07 bits per heavy atom. The Morgan fingerprint density at radius 1 is 1.43 bits per heavy atom. The molecule has 1 aromatic rings. The highest BCUT2D eigenvalue weighted by Crippen LogP contribution is 2.09. The van der Waals surface area contributed by atoms with Crippen molar-refractivity contribution in [3.05, 3.63) is 47.5 Å². The molecule has 0 bridgehead atoms. The van der Waals surface area contributed by atoms with Crippen molar-refractivity contribution in [1.82, 2.24) is 0 Å². The molecule has 0 radical (unpaired) electrons. The SMILES string of the molecule is C=CC(=O)OCCc1ccc(Cl)cc1. The summed E-state index contributed by atoms with van der Waals surface area (Å²) in [5.41, 5.74) is 1.09. The summed E-state index contributed by atoms with van der Waals surface area (Å²) in [6.07, 6.45) is 1.85. The summed E-state index contributed by atoms with van der Waals surface area (Å²) < 4.78 is 4.84. The van der Waals surface area contributed by atoms with E-state index in [0.29, 0.717) is 18.1 Å². The minimum Gasteiger partial charge on any atom is -0.462 e. The third-order valence-corrected chi connectivity index (χ3v) is 1.97. The van der Waals surface area contributed by atoms with Crippen molar-refractivity contribution in [2.75, 3.05) is 6.61 Å². The summed E-state index contributed by atoms with van der Waals surface area (Å²) in [6.45, 7) is 3.67. The molecule has 1 rings (SSSR count). The summed E-state index contributed by atoms with van der Waals surface area (Å²) in [7, 11) is 0. The minimum absolute atomic E-state index is 0.368. The zero-order valence-corrected chi connectivity index (χ0v) is 8.46. The van der Waals surface area contributed by atoms with Gasteiger partial charge in [-0.2, -0.15) is 0 Å². The first kappa shape index (κ1) is 10.8. The van der Waals surface area contributed by atoms with Crippen LogP contribution in [0.15, 0.2) is 36.9 Å². The minimum atomic E-state index is -0.390. The predicted octanol–water partition coefficient (Wildman–Crippen LogP) is 2.61. The second kappa shape index (κ2) is 5.45. The number of hydrogen-bond acceptors (Lipinski definition) is 2. The lowest BCUT2D eigenvalue weighted by molar-refractivity contribution is -0.137. The zero-order chi connectivity index (χ0) is 10.4. The number of rotatable bonds is 4. The van der Waals surface area contributed by atoms with Crippen molar-refractivity contribution in [2.45, 2.75) is 6.42 Å². The Morgan fingerprint density at radius 3 is 2.64 bits per heavy atom.